The molecule has 1 N–H and O–H groups in total. The SMILES string of the molecule is O=C1OC2(Oc3ccc(I)c(I)c31)C1CC3CC2CC(OC(=O)C(F)(F)S(=O)(=O)O)(C3)C1. The first-order chi connectivity index (χ1) is 14.8. The fraction of sp³-hybridized carbons (Fsp3) is 0.579. The highest BCUT2D eigenvalue weighted by atomic mass is 127. The zero-order chi connectivity index (χ0) is 23.3. The summed E-state index contributed by atoms with van der Waals surface area (Å²) >= 11 is 4.15. The van der Waals surface area contributed by atoms with Gasteiger partial charge in [-0.3, -0.25) is 4.55 Å². The molecule has 4 aliphatic carbocycles. The number of hydrogen-bond acceptors (Lipinski definition) is 7. The van der Waals surface area contributed by atoms with Crippen molar-refractivity contribution in [2.24, 2.45) is 17.8 Å². The van der Waals surface area contributed by atoms with Crippen LogP contribution < -0.4 is 4.74 Å². The van der Waals surface area contributed by atoms with Crippen LogP contribution in [0.3, 0.4) is 0 Å². The average Bonchev–Trinajstić information content (AvgIpc) is 2.67. The lowest BCUT2D eigenvalue weighted by Crippen LogP contribution is -2.69. The lowest BCUT2D eigenvalue weighted by molar-refractivity contribution is -0.309. The number of fused-ring (bicyclic) bond motifs is 1. The molecule has 1 aromatic carbocycles. The number of hydrogen-bond donors (Lipinski definition) is 1. The predicted octanol–water partition coefficient (Wildman–Crippen LogP) is 3.74. The van der Waals surface area contributed by atoms with E-state index < -0.39 is 50.5 Å². The Bertz CT molecular complexity index is 1140. The smallest absolute Gasteiger partial charge is 0.454 e. The molecule has 32 heavy (non-hydrogen) atoms. The molecule has 4 saturated carbocycles. The molecule has 0 radical (unpaired) electrons. The molecule has 6 rings (SSSR count). The van der Waals surface area contributed by atoms with Crippen molar-refractivity contribution >= 4 is 67.2 Å². The second kappa shape index (κ2) is 7.10. The van der Waals surface area contributed by atoms with Gasteiger partial charge in [0.2, 0.25) is 0 Å². The Morgan fingerprint density at radius 1 is 1.16 bits per heavy atom. The normalized spacial score (nSPS) is 35.3. The molecule has 2 unspecified atom stereocenters. The van der Waals surface area contributed by atoms with Crippen LogP contribution in [0.5, 0.6) is 5.75 Å². The van der Waals surface area contributed by atoms with Crippen LogP contribution in [0, 0.1) is 24.9 Å². The van der Waals surface area contributed by atoms with Gasteiger partial charge in [0.1, 0.15) is 16.9 Å². The Morgan fingerprint density at radius 2 is 1.78 bits per heavy atom. The van der Waals surface area contributed by atoms with Gasteiger partial charge in [-0.25, -0.2) is 9.59 Å². The van der Waals surface area contributed by atoms with Gasteiger partial charge in [0.25, 0.3) is 5.79 Å². The van der Waals surface area contributed by atoms with E-state index in [9.17, 15) is 26.8 Å². The van der Waals surface area contributed by atoms with E-state index in [1.807, 2.05) is 28.7 Å². The molecule has 0 saturated heterocycles. The van der Waals surface area contributed by atoms with Crippen LogP contribution in [-0.2, 0) is 24.4 Å². The fourth-order valence-electron chi connectivity index (χ4n) is 5.87. The highest BCUT2D eigenvalue weighted by molar-refractivity contribution is 14.1. The number of benzene rings is 1. The quantitative estimate of drug-likeness (QED) is 0.289. The van der Waals surface area contributed by atoms with E-state index in [-0.39, 0.29) is 18.8 Å². The van der Waals surface area contributed by atoms with Crippen molar-refractivity contribution in [3.63, 3.8) is 0 Å². The summed E-state index contributed by atoms with van der Waals surface area (Å²) in [6.45, 7) is 0. The molecule has 5 aliphatic rings. The maximum absolute atomic E-state index is 13.8. The van der Waals surface area contributed by atoms with Gasteiger partial charge in [0, 0.05) is 19.0 Å². The third kappa shape index (κ3) is 3.20. The van der Waals surface area contributed by atoms with Crippen LogP contribution in [0.2, 0.25) is 0 Å². The predicted molar refractivity (Wildman–Crippen MR) is 120 cm³/mol. The van der Waals surface area contributed by atoms with Gasteiger partial charge in [-0.05, 0) is 95.3 Å². The number of carbonyl (C=O) groups excluding carboxylic acids is 2. The number of rotatable bonds is 3. The van der Waals surface area contributed by atoms with E-state index in [0.717, 1.165) is 3.57 Å². The van der Waals surface area contributed by atoms with Crippen molar-refractivity contribution < 1.29 is 45.6 Å². The molecule has 2 atom stereocenters. The molecular formula is C19H16F2I2O8S. The Labute approximate surface area is 208 Å². The summed E-state index contributed by atoms with van der Waals surface area (Å²) in [7, 11) is -5.96. The zero-order valence-electron chi connectivity index (χ0n) is 16.1. The van der Waals surface area contributed by atoms with Crippen molar-refractivity contribution in [2.45, 2.75) is 48.7 Å². The van der Waals surface area contributed by atoms with Crippen LogP contribution in [0.15, 0.2) is 12.1 Å². The van der Waals surface area contributed by atoms with Gasteiger partial charge >= 0.3 is 27.3 Å². The van der Waals surface area contributed by atoms with Gasteiger partial charge in [-0.15, -0.1) is 0 Å². The number of ether oxygens (including phenoxy) is 3. The van der Waals surface area contributed by atoms with E-state index in [1.165, 1.54) is 0 Å². The minimum absolute atomic E-state index is 0.0193. The Hall–Kier alpha value is -0.810. The van der Waals surface area contributed by atoms with E-state index in [4.69, 9.17) is 18.8 Å². The highest BCUT2D eigenvalue weighted by Gasteiger charge is 2.69. The van der Waals surface area contributed by atoms with Crippen molar-refractivity contribution in [3.8, 4) is 5.75 Å². The molecule has 0 amide bonds. The third-order valence-electron chi connectivity index (χ3n) is 6.92. The summed E-state index contributed by atoms with van der Waals surface area (Å²) in [6, 6.07) is 3.53. The van der Waals surface area contributed by atoms with Crippen LogP contribution in [0.1, 0.15) is 42.5 Å². The summed E-state index contributed by atoms with van der Waals surface area (Å²) in [6.07, 6.45) is 1.64. The summed E-state index contributed by atoms with van der Waals surface area (Å²) in [5.74, 6) is -4.55. The fourth-order valence-corrected chi connectivity index (χ4v) is 7.24. The topological polar surface area (TPSA) is 116 Å². The second-order valence-electron chi connectivity index (χ2n) is 8.86. The first-order valence-electron chi connectivity index (χ1n) is 9.77. The van der Waals surface area contributed by atoms with Gasteiger partial charge in [0.15, 0.2) is 0 Å². The molecule has 1 spiro atoms. The largest absolute Gasteiger partial charge is 0.465 e. The Kier molecular flexibility index (Phi) is 5.09. The third-order valence-corrected chi connectivity index (χ3v) is 10.8. The van der Waals surface area contributed by atoms with Crippen LogP contribution in [0.4, 0.5) is 8.78 Å². The van der Waals surface area contributed by atoms with Crippen molar-refractivity contribution in [2.75, 3.05) is 0 Å². The van der Waals surface area contributed by atoms with Crippen LogP contribution in [0.25, 0.3) is 0 Å². The summed E-state index contributed by atoms with van der Waals surface area (Å²) in [5.41, 5.74) is -0.991. The maximum atomic E-state index is 13.8. The van der Waals surface area contributed by atoms with E-state index >= 15 is 0 Å². The minimum Gasteiger partial charge on any atom is -0.454 e. The van der Waals surface area contributed by atoms with Gasteiger partial charge < -0.3 is 14.2 Å². The maximum Gasteiger partial charge on any atom is 0.465 e. The molecule has 8 nitrogen and oxygen atoms in total. The summed E-state index contributed by atoms with van der Waals surface area (Å²) in [5, 5.41) is -5.06. The van der Waals surface area contributed by atoms with Crippen molar-refractivity contribution in [1.82, 2.24) is 0 Å². The van der Waals surface area contributed by atoms with Gasteiger partial charge in [-0.2, -0.15) is 17.2 Å². The Morgan fingerprint density at radius 3 is 2.38 bits per heavy atom. The van der Waals surface area contributed by atoms with Crippen molar-refractivity contribution in [3.05, 3.63) is 24.8 Å². The molecule has 0 aromatic heterocycles. The average molecular weight is 696 g/mol. The molecule has 174 valence electrons. The van der Waals surface area contributed by atoms with Crippen LogP contribution in [-0.4, -0.2) is 41.6 Å². The summed E-state index contributed by atoms with van der Waals surface area (Å²) in [4.78, 5) is 25.0. The van der Waals surface area contributed by atoms with Gasteiger partial charge in [-0.1, -0.05) is 0 Å². The summed E-state index contributed by atoms with van der Waals surface area (Å²) < 4.78 is 77.2. The molecule has 13 heteroatoms. The molecule has 1 aromatic rings. The number of esters is 2. The van der Waals surface area contributed by atoms with E-state index in [2.05, 4.69) is 22.6 Å². The lowest BCUT2D eigenvalue weighted by Gasteiger charge is -2.63. The second-order valence-corrected chi connectivity index (χ2v) is 12.6. The van der Waals surface area contributed by atoms with E-state index in [1.54, 1.807) is 6.07 Å². The molecule has 1 heterocycles. The first kappa shape index (κ1) is 23.0. The van der Waals surface area contributed by atoms with Crippen molar-refractivity contribution in [1.29, 1.82) is 0 Å². The molecule has 4 fully saturated rings. The standard InChI is InChI=1S/C19H16F2I2O8S/c20-19(21,32(26,27)28)16(25)31-17-5-8-3-9(6-17)18(10(4-8)7-17)29-12-2-1-11(22)14(23)13(12)15(24)30-18/h1-2,8-10H,3-7H2,(H,26,27,28). The van der Waals surface area contributed by atoms with E-state index in [0.29, 0.717) is 34.1 Å². The van der Waals surface area contributed by atoms with Gasteiger partial charge in [0.05, 0.1) is 0 Å². The molecule has 1 aliphatic heterocycles. The number of alkyl halides is 2. The molecule has 4 bridgehead atoms. The Balaban J connectivity index is 1.46. The highest BCUT2D eigenvalue weighted by Crippen LogP contribution is 2.64. The molecular weight excluding hydrogens is 680 g/mol. The van der Waals surface area contributed by atoms with Crippen LogP contribution >= 0.6 is 45.2 Å². The first-order valence-corrected chi connectivity index (χ1v) is 13.4. The number of carbonyl (C=O) groups is 2. The number of halogens is 4. The lowest BCUT2D eigenvalue weighted by atomic mass is 9.51. The minimum atomic E-state index is -5.96. The monoisotopic (exact) mass is 696 g/mol. The zero-order valence-corrected chi connectivity index (χ0v) is 21.3.